The normalized spacial score (nSPS) is 10.2. The van der Waals surface area contributed by atoms with Gasteiger partial charge in [0, 0.05) is 6.54 Å². The Morgan fingerprint density at radius 3 is 2.62 bits per heavy atom. The zero-order chi connectivity index (χ0) is 12.1. The molecule has 2 N–H and O–H groups in total. The first-order chi connectivity index (χ1) is 7.56. The second kappa shape index (κ2) is 5.39. The molecule has 0 atom stereocenters. The van der Waals surface area contributed by atoms with E-state index in [1.165, 1.54) is 4.90 Å². The second-order valence-electron chi connectivity index (χ2n) is 4.01. The van der Waals surface area contributed by atoms with Crippen LogP contribution in [0.4, 0.5) is 10.5 Å². The van der Waals surface area contributed by atoms with E-state index >= 15 is 0 Å². The number of benzene rings is 1. The first-order valence-electron chi connectivity index (χ1n) is 5.26. The van der Waals surface area contributed by atoms with Crippen LogP contribution in [-0.4, -0.2) is 19.7 Å². The van der Waals surface area contributed by atoms with Gasteiger partial charge in [-0.05, 0) is 18.1 Å². The standard InChI is InChI=1S/C12H18N2O2/c1-9(2)8-14(12(13)15)10-6-4-5-7-11(10)16-3/h4-7,9H,8H2,1-3H3,(H2,13,15)/p+1. The Morgan fingerprint density at radius 1 is 1.50 bits per heavy atom. The number of anilines is 1. The number of primary amides is 1. The lowest BCUT2D eigenvalue weighted by Crippen LogP contribution is -2.38. The first-order valence-corrected chi connectivity index (χ1v) is 5.26. The Morgan fingerprint density at radius 2 is 2.12 bits per heavy atom. The van der Waals surface area contributed by atoms with Gasteiger partial charge >= 0.3 is 7.46 Å². The smallest absolute Gasteiger partial charge is 0.495 e. The summed E-state index contributed by atoms with van der Waals surface area (Å²) in [4.78, 5) is 12.9. The molecule has 4 heteroatoms. The van der Waals surface area contributed by atoms with Crippen LogP contribution in [0.15, 0.2) is 24.3 Å². The summed E-state index contributed by atoms with van der Waals surface area (Å²) in [5.74, 6) is 0.999. The molecular weight excluding hydrogens is 204 g/mol. The zero-order valence-corrected chi connectivity index (χ0v) is 9.93. The van der Waals surface area contributed by atoms with Crippen molar-refractivity contribution >= 4 is 11.7 Å². The third kappa shape index (κ3) is 2.89. The third-order valence-corrected chi connectivity index (χ3v) is 2.19. The molecule has 0 radical (unpaired) electrons. The summed E-state index contributed by atoms with van der Waals surface area (Å²) in [7, 11) is 1.58. The number of rotatable bonds is 4. The van der Waals surface area contributed by atoms with Crippen LogP contribution in [0.3, 0.4) is 0 Å². The zero-order valence-electron chi connectivity index (χ0n) is 10.9. The third-order valence-electron chi connectivity index (χ3n) is 2.19. The van der Waals surface area contributed by atoms with E-state index in [4.69, 9.17) is 10.5 Å². The number of carbonyl (C=O) groups excluding carboxylic acids is 1. The van der Waals surface area contributed by atoms with Gasteiger partial charge in [0.05, 0.1) is 12.8 Å². The number of hydrogen-bond acceptors (Lipinski definition) is 2. The van der Waals surface area contributed by atoms with Crippen molar-refractivity contribution < 1.29 is 11.0 Å². The van der Waals surface area contributed by atoms with Crippen LogP contribution in [-0.2, 0) is 0 Å². The highest BCUT2D eigenvalue weighted by atomic mass is 16.5. The molecule has 4 nitrogen and oxygen atoms in total. The Balaban J connectivity index is 0.00000256. The van der Waals surface area contributed by atoms with Crippen molar-refractivity contribution in [3.8, 4) is 5.75 Å². The molecule has 16 heavy (non-hydrogen) atoms. The lowest BCUT2D eigenvalue weighted by Gasteiger charge is -2.24. The van der Waals surface area contributed by atoms with Crippen LogP contribution in [0.25, 0.3) is 0 Å². The monoisotopic (exact) mass is 223 g/mol. The van der Waals surface area contributed by atoms with Crippen LogP contribution in [0.5, 0.6) is 5.75 Å². The van der Waals surface area contributed by atoms with Crippen LogP contribution in [0, 0.1) is 5.92 Å². The van der Waals surface area contributed by atoms with Crippen LogP contribution >= 0.6 is 0 Å². The molecule has 88 valence electrons. The maximum absolute atomic E-state index is 11.4. The van der Waals surface area contributed by atoms with Gasteiger partial charge in [-0.25, -0.2) is 4.79 Å². The van der Waals surface area contributed by atoms with Crippen molar-refractivity contribution in [1.29, 1.82) is 0 Å². The van der Waals surface area contributed by atoms with Gasteiger partial charge in [0.2, 0.25) is 0 Å². The number of amides is 2. The van der Waals surface area contributed by atoms with E-state index in [0.717, 1.165) is 0 Å². The van der Waals surface area contributed by atoms with Crippen molar-refractivity contribution in [3.05, 3.63) is 24.3 Å². The van der Waals surface area contributed by atoms with Crippen LogP contribution in [0.2, 0.25) is 0 Å². The molecule has 0 saturated heterocycles. The fourth-order valence-electron chi connectivity index (χ4n) is 1.52. The predicted octanol–water partition coefficient (Wildman–Crippen LogP) is 2.35. The molecule has 0 aromatic heterocycles. The van der Waals surface area contributed by atoms with E-state index in [2.05, 4.69) is 0 Å². The van der Waals surface area contributed by atoms with Gasteiger partial charge in [0.15, 0.2) is 0 Å². The number of nitrogens with two attached hydrogens (primary N) is 1. The van der Waals surface area contributed by atoms with Crippen molar-refractivity contribution in [2.45, 2.75) is 13.8 Å². The van der Waals surface area contributed by atoms with Gasteiger partial charge in [-0.15, -0.1) is 0 Å². The number of carbonyl (C=O) groups is 1. The maximum atomic E-state index is 11.4. The fraction of sp³-hybridized carbons (Fsp3) is 0.417. The summed E-state index contributed by atoms with van der Waals surface area (Å²) in [6, 6.07) is 6.89. The minimum atomic E-state index is -0.460. The molecule has 2 amide bonds. The molecule has 0 heterocycles. The van der Waals surface area contributed by atoms with Gasteiger partial charge < -0.3 is 10.5 Å². The Bertz CT molecular complexity index is 369. The molecule has 0 spiro atoms. The molecule has 0 saturated carbocycles. The Hall–Kier alpha value is -1.71. The van der Waals surface area contributed by atoms with Gasteiger partial charge in [0.25, 0.3) is 0 Å². The van der Waals surface area contributed by atoms with E-state index in [1.54, 1.807) is 7.11 Å². The highest BCUT2D eigenvalue weighted by Crippen LogP contribution is 2.27. The van der Waals surface area contributed by atoms with Crippen molar-refractivity contribution in [2.75, 3.05) is 18.6 Å². The van der Waals surface area contributed by atoms with E-state index in [9.17, 15) is 4.79 Å². The number of hydrogen-bond donors (Lipinski definition) is 1. The summed E-state index contributed by atoms with van der Waals surface area (Å²) < 4.78 is 5.21. The summed E-state index contributed by atoms with van der Waals surface area (Å²) in [6.07, 6.45) is 0. The Kier molecular flexibility index (Phi) is 4.17. The van der Waals surface area contributed by atoms with E-state index in [1.807, 2.05) is 38.1 Å². The second-order valence-corrected chi connectivity index (χ2v) is 4.01. The number of methoxy groups -OCH3 is 1. The Labute approximate surface area is 97.5 Å². The van der Waals surface area contributed by atoms with E-state index < -0.39 is 6.03 Å². The maximum Gasteiger partial charge on any atom is 1.00 e. The summed E-state index contributed by atoms with van der Waals surface area (Å²) in [5.41, 5.74) is 6.09. The molecule has 0 aliphatic carbocycles. The lowest BCUT2D eigenvalue weighted by atomic mass is 10.2. The molecule has 0 aliphatic heterocycles. The minimum absolute atomic E-state index is 0. The molecule has 1 aromatic rings. The average Bonchev–Trinajstić information content (AvgIpc) is 2.25. The number of ether oxygens (including phenoxy) is 1. The van der Waals surface area contributed by atoms with Gasteiger partial charge in [0.1, 0.15) is 5.75 Å². The molecule has 1 aromatic carbocycles. The van der Waals surface area contributed by atoms with Gasteiger partial charge in [-0.3, -0.25) is 4.90 Å². The number of para-hydroxylation sites is 2. The number of nitrogens with zero attached hydrogens (tertiary/aromatic N) is 1. The van der Waals surface area contributed by atoms with Crippen LogP contribution < -0.4 is 15.4 Å². The molecule has 0 bridgehead atoms. The largest absolute Gasteiger partial charge is 1.00 e. The molecule has 0 fully saturated rings. The highest BCUT2D eigenvalue weighted by Gasteiger charge is 2.17. The van der Waals surface area contributed by atoms with Gasteiger partial charge in [-0.1, -0.05) is 26.0 Å². The van der Waals surface area contributed by atoms with Gasteiger partial charge in [-0.2, -0.15) is 0 Å². The van der Waals surface area contributed by atoms with Crippen molar-refractivity contribution in [2.24, 2.45) is 11.7 Å². The summed E-state index contributed by atoms with van der Waals surface area (Å²) in [5, 5.41) is 0. The summed E-state index contributed by atoms with van der Waals surface area (Å²) in [6.45, 7) is 4.65. The molecule has 0 aliphatic rings. The topological polar surface area (TPSA) is 55.6 Å². The van der Waals surface area contributed by atoms with E-state index in [-0.39, 0.29) is 1.43 Å². The molecule has 1 rings (SSSR count). The molecular formula is C12H19N2O2+. The lowest BCUT2D eigenvalue weighted by molar-refractivity contribution is 0.253. The summed E-state index contributed by atoms with van der Waals surface area (Å²) >= 11 is 0. The fourth-order valence-corrected chi connectivity index (χ4v) is 1.52. The first kappa shape index (κ1) is 12.4. The average molecular weight is 223 g/mol. The SMILES string of the molecule is COc1ccccc1N(CC(C)C)C(N)=O.[H+]. The van der Waals surface area contributed by atoms with Crippen LogP contribution in [0.1, 0.15) is 15.3 Å². The number of urea groups is 1. The van der Waals surface area contributed by atoms with Crippen molar-refractivity contribution in [3.63, 3.8) is 0 Å². The highest BCUT2D eigenvalue weighted by molar-refractivity contribution is 5.92. The molecule has 0 unspecified atom stereocenters. The predicted molar refractivity (Wildman–Crippen MR) is 65.9 cm³/mol. The quantitative estimate of drug-likeness (QED) is 0.851. The van der Waals surface area contributed by atoms with Crippen molar-refractivity contribution in [1.82, 2.24) is 0 Å². The minimum Gasteiger partial charge on any atom is -0.495 e. The van der Waals surface area contributed by atoms with E-state index in [0.29, 0.717) is 23.9 Å².